The molecule has 0 saturated heterocycles. The molecule has 0 amide bonds. The van der Waals surface area contributed by atoms with Gasteiger partial charge in [0.1, 0.15) is 18.1 Å². The van der Waals surface area contributed by atoms with Crippen LogP contribution in [0.3, 0.4) is 0 Å². The van der Waals surface area contributed by atoms with Crippen LogP contribution in [0.5, 0.6) is 5.75 Å². The highest BCUT2D eigenvalue weighted by Crippen LogP contribution is 2.43. The van der Waals surface area contributed by atoms with Gasteiger partial charge in [0.05, 0.1) is 0 Å². The summed E-state index contributed by atoms with van der Waals surface area (Å²) in [5.74, 6) is 1.97. The Kier molecular flexibility index (Phi) is 12.7. The maximum atomic E-state index is 12.6. The van der Waals surface area contributed by atoms with Crippen molar-refractivity contribution in [1.29, 1.82) is 0 Å². The van der Waals surface area contributed by atoms with Crippen LogP contribution < -0.4 is 4.74 Å². The number of ether oxygens (including phenoxy) is 1. The molecule has 1 aliphatic rings. The monoisotopic (exact) mass is 488 g/mol. The van der Waals surface area contributed by atoms with Gasteiger partial charge in [-0.05, 0) is 65.7 Å². The lowest BCUT2D eigenvalue weighted by molar-refractivity contribution is -0.119. The summed E-state index contributed by atoms with van der Waals surface area (Å²) >= 11 is 0. The van der Waals surface area contributed by atoms with Crippen molar-refractivity contribution in [3.63, 3.8) is 0 Å². The molecule has 0 bridgehead atoms. The SMILES string of the molecule is C=C.C=CC[C@@H]1CCCC(=O)C[C@H]1c1ccc(C(C)(C)CCCCCC)cc1OCc1ccccc1. The minimum Gasteiger partial charge on any atom is -0.489 e. The third-order valence-corrected chi connectivity index (χ3v) is 7.60. The molecule has 0 heterocycles. The minimum absolute atomic E-state index is 0.0942. The van der Waals surface area contributed by atoms with Crippen LogP contribution in [0.15, 0.2) is 74.3 Å². The Hall–Kier alpha value is -2.61. The first-order valence-electron chi connectivity index (χ1n) is 13.9. The van der Waals surface area contributed by atoms with E-state index in [1.54, 1.807) is 0 Å². The van der Waals surface area contributed by atoms with Crippen LogP contribution in [0.25, 0.3) is 0 Å². The number of rotatable bonds is 12. The molecular weight excluding hydrogens is 440 g/mol. The largest absolute Gasteiger partial charge is 0.489 e. The molecule has 1 fully saturated rings. The fourth-order valence-electron chi connectivity index (χ4n) is 5.40. The Morgan fingerprint density at radius 1 is 1.06 bits per heavy atom. The zero-order chi connectivity index (χ0) is 26.4. The molecule has 0 spiro atoms. The van der Waals surface area contributed by atoms with E-state index in [-0.39, 0.29) is 11.3 Å². The number of hydrogen-bond acceptors (Lipinski definition) is 2. The van der Waals surface area contributed by atoms with E-state index >= 15 is 0 Å². The van der Waals surface area contributed by atoms with Gasteiger partial charge in [-0.25, -0.2) is 0 Å². The van der Waals surface area contributed by atoms with E-state index in [4.69, 9.17) is 4.74 Å². The van der Waals surface area contributed by atoms with Crippen LogP contribution in [0.4, 0.5) is 0 Å². The van der Waals surface area contributed by atoms with Crippen molar-refractivity contribution in [3.8, 4) is 5.75 Å². The molecule has 1 saturated carbocycles. The number of carbonyl (C=O) groups is 1. The summed E-state index contributed by atoms with van der Waals surface area (Å²) in [6, 6.07) is 17.2. The summed E-state index contributed by atoms with van der Waals surface area (Å²) < 4.78 is 6.52. The fourth-order valence-corrected chi connectivity index (χ4v) is 5.40. The summed E-state index contributed by atoms with van der Waals surface area (Å²) in [4.78, 5) is 12.6. The highest BCUT2D eigenvalue weighted by Gasteiger charge is 2.31. The molecule has 36 heavy (non-hydrogen) atoms. The fraction of sp³-hybridized carbons (Fsp3) is 0.500. The summed E-state index contributed by atoms with van der Waals surface area (Å²) in [5, 5.41) is 0. The maximum absolute atomic E-state index is 12.6. The van der Waals surface area contributed by atoms with Crippen molar-refractivity contribution in [1.82, 2.24) is 0 Å². The van der Waals surface area contributed by atoms with Crippen LogP contribution in [-0.4, -0.2) is 5.78 Å². The number of hydrogen-bond donors (Lipinski definition) is 0. The predicted octanol–water partition coefficient (Wildman–Crippen LogP) is 9.73. The zero-order valence-corrected chi connectivity index (χ0v) is 23.1. The second-order valence-electron chi connectivity index (χ2n) is 10.7. The van der Waals surface area contributed by atoms with Gasteiger partial charge in [-0.2, -0.15) is 0 Å². The van der Waals surface area contributed by atoms with E-state index in [1.165, 1.54) is 43.2 Å². The van der Waals surface area contributed by atoms with E-state index in [0.29, 0.717) is 31.1 Å². The lowest BCUT2D eigenvalue weighted by Gasteiger charge is -2.30. The third kappa shape index (κ3) is 8.80. The van der Waals surface area contributed by atoms with Crippen LogP contribution >= 0.6 is 0 Å². The van der Waals surface area contributed by atoms with E-state index in [2.05, 4.69) is 83.0 Å². The molecule has 0 N–H and O–H groups in total. The smallest absolute Gasteiger partial charge is 0.133 e. The van der Waals surface area contributed by atoms with Crippen molar-refractivity contribution >= 4 is 5.78 Å². The van der Waals surface area contributed by atoms with Gasteiger partial charge < -0.3 is 4.74 Å². The summed E-state index contributed by atoms with van der Waals surface area (Å²) in [7, 11) is 0. The van der Waals surface area contributed by atoms with Crippen molar-refractivity contribution in [2.45, 2.75) is 103 Å². The second kappa shape index (κ2) is 15.5. The van der Waals surface area contributed by atoms with Gasteiger partial charge in [-0.15, -0.1) is 19.7 Å². The standard InChI is InChI=1S/C32H44O2.C2H4/c1-5-7-8-12-21-32(3,4)27-19-20-29(30-23-28(33)18-13-17-26(30)14-6-2)31(22-27)34-24-25-15-10-9-11-16-25;1-2/h6,9-11,15-16,19-20,22,26,30H,2,5,7-8,12-14,17-18,21,23-24H2,1,3-4H3;1-2H2/t26-,30-;/m1./s1. The van der Waals surface area contributed by atoms with Crippen molar-refractivity contribution in [2.24, 2.45) is 5.92 Å². The lowest BCUT2D eigenvalue weighted by Crippen LogP contribution is -2.19. The Morgan fingerprint density at radius 2 is 1.81 bits per heavy atom. The molecular formula is C34H48O2. The molecule has 0 aliphatic heterocycles. The maximum Gasteiger partial charge on any atom is 0.133 e. The number of allylic oxidation sites excluding steroid dienone is 1. The van der Waals surface area contributed by atoms with Gasteiger partial charge in [0.15, 0.2) is 0 Å². The molecule has 2 heteroatoms. The first kappa shape index (κ1) is 29.6. The number of carbonyl (C=O) groups excluding carboxylic acids is 1. The molecule has 0 unspecified atom stereocenters. The quantitative estimate of drug-likeness (QED) is 0.169. The van der Waals surface area contributed by atoms with E-state index in [9.17, 15) is 4.79 Å². The molecule has 196 valence electrons. The molecule has 3 rings (SSSR count). The highest BCUT2D eigenvalue weighted by atomic mass is 16.5. The first-order valence-corrected chi connectivity index (χ1v) is 13.9. The first-order chi connectivity index (χ1) is 17.4. The van der Waals surface area contributed by atoms with Gasteiger partial charge in [-0.1, -0.05) is 95.0 Å². The van der Waals surface area contributed by atoms with Crippen molar-refractivity contribution in [3.05, 3.63) is 91.0 Å². The highest BCUT2D eigenvalue weighted by molar-refractivity contribution is 5.79. The average molecular weight is 489 g/mol. The Morgan fingerprint density at radius 3 is 2.50 bits per heavy atom. The van der Waals surface area contributed by atoms with Crippen molar-refractivity contribution in [2.75, 3.05) is 0 Å². The lowest BCUT2D eigenvalue weighted by atomic mass is 9.76. The van der Waals surface area contributed by atoms with E-state index < -0.39 is 0 Å². The Bertz CT molecular complexity index is 927. The summed E-state index contributed by atoms with van der Waals surface area (Å²) in [6.45, 7) is 17.5. The van der Waals surface area contributed by atoms with E-state index in [0.717, 1.165) is 30.6 Å². The number of unbranched alkanes of at least 4 members (excludes halogenated alkanes) is 3. The van der Waals surface area contributed by atoms with Crippen LogP contribution in [0, 0.1) is 5.92 Å². The predicted molar refractivity (Wildman–Crippen MR) is 155 cm³/mol. The third-order valence-electron chi connectivity index (χ3n) is 7.60. The normalized spacial score (nSPS) is 18.0. The second-order valence-corrected chi connectivity index (χ2v) is 10.7. The van der Waals surface area contributed by atoms with Gasteiger partial charge in [-0.3, -0.25) is 4.79 Å². The zero-order valence-electron chi connectivity index (χ0n) is 23.1. The molecule has 2 aromatic carbocycles. The van der Waals surface area contributed by atoms with Gasteiger partial charge in [0.2, 0.25) is 0 Å². The van der Waals surface area contributed by atoms with Crippen LogP contribution in [-0.2, 0) is 16.8 Å². The van der Waals surface area contributed by atoms with Gasteiger partial charge in [0, 0.05) is 12.8 Å². The molecule has 0 radical (unpaired) electrons. The number of benzene rings is 2. The average Bonchev–Trinajstić information content (AvgIpc) is 3.08. The van der Waals surface area contributed by atoms with Crippen LogP contribution in [0.1, 0.15) is 108 Å². The molecule has 0 aromatic heterocycles. The Balaban J connectivity index is 0.00000222. The van der Waals surface area contributed by atoms with Gasteiger partial charge in [0.25, 0.3) is 0 Å². The van der Waals surface area contributed by atoms with Crippen LogP contribution in [0.2, 0.25) is 0 Å². The topological polar surface area (TPSA) is 26.3 Å². The number of ketones is 1. The van der Waals surface area contributed by atoms with Gasteiger partial charge >= 0.3 is 0 Å². The molecule has 1 aliphatic carbocycles. The Labute approximate surface area is 220 Å². The number of Topliss-reactive ketones (excluding diaryl/α,β-unsaturated/α-hetero) is 1. The molecule has 2 nitrogen and oxygen atoms in total. The van der Waals surface area contributed by atoms with E-state index in [1.807, 2.05) is 12.1 Å². The molecule has 2 atom stereocenters. The summed E-state index contributed by atoms with van der Waals surface area (Å²) in [6.07, 6.45) is 12.6. The van der Waals surface area contributed by atoms with Crippen molar-refractivity contribution < 1.29 is 9.53 Å². The summed E-state index contributed by atoms with van der Waals surface area (Å²) in [5.41, 5.74) is 3.79. The minimum atomic E-state index is 0.0942. The molecule has 2 aromatic rings.